The van der Waals surface area contributed by atoms with Gasteiger partial charge in [-0.25, -0.2) is 5.11 Å². The molecule has 0 aromatic rings. The van der Waals surface area contributed by atoms with Crippen LogP contribution in [0.4, 0.5) is 0 Å². The minimum absolute atomic E-state index is 0.364. The molecule has 0 spiro atoms. The average molecular weight is 140 g/mol. The molecule has 3 atom stereocenters. The summed E-state index contributed by atoms with van der Waals surface area (Å²) in [5.41, 5.74) is 0. The first kappa shape index (κ1) is 6.62. The van der Waals surface area contributed by atoms with E-state index in [1.165, 1.54) is 19.3 Å². The Balaban J connectivity index is 2.00. The summed E-state index contributed by atoms with van der Waals surface area (Å²) < 4.78 is 0. The van der Waals surface area contributed by atoms with Gasteiger partial charge in [0.05, 0.1) is 0 Å². The first-order valence-electron chi connectivity index (χ1n) is 4.26. The number of piperidine rings is 2. The van der Waals surface area contributed by atoms with Crippen LogP contribution in [0.25, 0.3) is 0 Å². The second kappa shape index (κ2) is 2.51. The minimum Gasteiger partial charge on any atom is -0.275 e. The highest BCUT2D eigenvalue weighted by molar-refractivity contribution is 4.79. The van der Waals surface area contributed by atoms with Gasteiger partial charge in [0.1, 0.15) is 6.23 Å². The minimum atomic E-state index is -0.364. The van der Waals surface area contributed by atoms with Crippen LogP contribution in [-0.2, 0) is 5.11 Å². The van der Waals surface area contributed by atoms with Gasteiger partial charge in [-0.05, 0) is 31.6 Å². The molecule has 2 nitrogen and oxygen atoms in total. The molecular formula is C8H14NO. The summed E-state index contributed by atoms with van der Waals surface area (Å²) in [5, 5.41) is 11.2. The van der Waals surface area contributed by atoms with Crippen LogP contribution in [0.15, 0.2) is 0 Å². The molecule has 10 heavy (non-hydrogen) atoms. The summed E-state index contributed by atoms with van der Waals surface area (Å²) in [7, 11) is 0. The first-order chi connectivity index (χ1) is 4.86. The van der Waals surface area contributed by atoms with Crippen molar-refractivity contribution in [2.45, 2.75) is 31.9 Å². The highest BCUT2D eigenvalue weighted by Gasteiger charge is 2.30. The first-order valence-corrected chi connectivity index (χ1v) is 4.26. The molecule has 2 heterocycles. The molecule has 2 heteroatoms. The molecule has 2 bridgehead atoms. The predicted molar refractivity (Wildman–Crippen MR) is 38.0 cm³/mol. The van der Waals surface area contributed by atoms with Gasteiger partial charge < -0.3 is 0 Å². The van der Waals surface area contributed by atoms with E-state index in [1.807, 2.05) is 0 Å². The zero-order valence-electron chi connectivity index (χ0n) is 6.25. The van der Waals surface area contributed by atoms with E-state index in [9.17, 15) is 5.11 Å². The topological polar surface area (TPSA) is 23.1 Å². The van der Waals surface area contributed by atoms with Crippen molar-refractivity contribution >= 4 is 0 Å². The molecule has 2 fully saturated rings. The molecule has 0 aliphatic carbocycles. The standard InChI is InChI=1S/C8H14NO/c10-8-4-3-7-2-1-5-9(8)6-7/h7-8H,1-6H2. The Morgan fingerprint density at radius 3 is 2.90 bits per heavy atom. The summed E-state index contributed by atoms with van der Waals surface area (Å²) in [6.07, 6.45) is 4.33. The van der Waals surface area contributed by atoms with Crippen LogP contribution in [0.2, 0.25) is 0 Å². The zero-order chi connectivity index (χ0) is 6.97. The fourth-order valence-corrected chi connectivity index (χ4v) is 2.16. The van der Waals surface area contributed by atoms with Gasteiger partial charge in [-0.3, -0.25) is 4.90 Å². The van der Waals surface area contributed by atoms with Crippen molar-refractivity contribution in [3.8, 4) is 0 Å². The summed E-state index contributed by atoms with van der Waals surface area (Å²) >= 11 is 0. The summed E-state index contributed by atoms with van der Waals surface area (Å²) in [6, 6.07) is 0. The SMILES string of the molecule is [O]C1CCC2CCCN1C2. The lowest BCUT2D eigenvalue weighted by atomic mass is 9.89. The predicted octanol–water partition coefficient (Wildman–Crippen LogP) is 1.25. The average Bonchev–Trinajstić information content (AvgIpc) is 1.99. The van der Waals surface area contributed by atoms with Crippen LogP contribution in [0.1, 0.15) is 25.7 Å². The molecule has 2 rings (SSSR count). The van der Waals surface area contributed by atoms with Crippen molar-refractivity contribution < 1.29 is 5.11 Å². The van der Waals surface area contributed by atoms with Crippen molar-refractivity contribution in [2.75, 3.05) is 13.1 Å². The molecule has 0 saturated carbocycles. The lowest BCUT2D eigenvalue weighted by molar-refractivity contribution is -0.0988. The van der Waals surface area contributed by atoms with E-state index < -0.39 is 0 Å². The zero-order valence-corrected chi connectivity index (χ0v) is 6.25. The second-order valence-electron chi connectivity index (χ2n) is 3.54. The van der Waals surface area contributed by atoms with Crippen LogP contribution in [0.5, 0.6) is 0 Å². The van der Waals surface area contributed by atoms with Crippen molar-refractivity contribution in [2.24, 2.45) is 5.92 Å². The molecule has 0 aromatic heterocycles. The van der Waals surface area contributed by atoms with Crippen molar-refractivity contribution in [1.82, 2.24) is 4.90 Å². The van der Waals surface area contributed by atoms with Crippen LogP contribution >= 0.6 is 0 Å². The van der Waals surface area contributed by atoms with Crippen LogP contribution in [-0.4, -0.2) is 24.2 Å². The lowest BCUT2D eigenvalue weighted by Crippen LogP contribution is -2.46. The Labute approximate surface area is 61.8 Å². The molecular weight excluding hydrogens is 126 g/mol. The van der Waals surface area contributed by atoms with Crippen LogP contribution < -0.4 is 0 Å². The van der Waals surface area contributed by atoms with Gasteiger partial charge >= 0.3 is 0 Å². The molecule has 0 amide bonds. The number of hydrogen-bond donors (Lipinski definition) is 0. The highest BCUT2D eigenvalue weighted by Crippen LogP contribution is 2.28. The Bertz CT molecular complexity index is 124. The van der Waals surface area contributed by atoms with Gasteiger partial charge in [-0.1, -0.05) is 0 Å². The molecule has 0 N–H and O–H groups in total. The molecule has 2 aliphatic heterocycles. The van der Waals surface area contributed by atoms with Crippen LogP contribution in [0, 0.1) is 5.92 Å². The summed E-state index contributed by atoms with van der Waals surface area (Å²) in [5.74, 6) is 0.860. The Kier molecular flexibility index (Phi) is 1.66. The second-order valence-corrected chi connectivity index (χ2v) is 3.54. The molecule has 2 aliphatic rings. The van der Waals surface area contributed by atoms with E-state index in [0.717, 1.165) is 25.4 Å². The quantitative estimate of drug-likeness (QED) is 0.496. The normalized spacial score (nSPS) is 47.1. The Morgan fingerprint density at radius 1 is 1.20 bits per heavy atom. The number of fused-ring (bicyclic) bond motifs is 2. The van der Waals surface area contributed by atoms with E-state index >= 15 is 0 Å². The monoisotopic (exact) mass is 140 g/mol. The largest absolute Gasteiger partial charge is 0.275 e. The van der Waals surface area contributed by atoms with Gasteiger partial charge in [0, 0.05) is 13.1 Å². The van der Waals surface area contributed by atoms with E-state index in [0.29, 0.717) is 0 Å². The van der Waals surface area contributed by atoms with Crippen LogP contribution in [0.3, 0.4) is 0 Å². The van der Waals surface area contributed by atoms with Gasteiger partial charge in [-0.2, -0.15) is 0 Å². The third-order valence-electron chi connectivity index (χ3n) is 2.78. The molecule has 57 valence electrons. The van der Waals surface area contributed by atoms with E-state index in [2.05, 4.69) is 4.90 Å². The summed E-state index contributed by atoms with van der Waals surface area (Å²) in [6.45, 7) is 2.15. The fourth-order valence-electron chi connectivity index (χ4n) is 2.16. The maximum Gasteiger partial charge on any atom is 0.146 e. The lowest BCUT2D eigenvalue weighted by Gasteiger charge is -2.39. The molecule has 1 radical (unpaired) electrons. The number of nitrogens with zero attached hydrogens (tertiary/aromatic N) is 1. The van der Waals surface area contributed by atoms with E-state index in [4.69, 9.17) is 0 Å². The highest BCUT2D eigenvalue weighted by atomic mass is 16.3. The van der Waals surface area contributed by atoms with Crippen molar-refractivity contribution in [3.63, 3.8) is 0 Å². The fraction of sp³-hybridized carbons (Fsp3) is 1.00. The molecule has 3 unspecified atom stereocenters. The smallest absolute Gasteiger partial charge is 0.146 e. The van der Waals surface area contributed by atoms with Gasteiger partial charge in [0.2, 0.25) is 0 Å². The van der Waals surface area contributed by atoms with E-state index in [-0.39, 0.29) is 6.23 Å². The molecule has 0 aromatic carbocycles. The van der Waals surface area contributed by atoms with E-state index in [1.54, 1.807) is 0 Å². The molecule has 2 saturated heterocycles. The van der Waals surface area contributed by atoms with Crippen molar-refractivity contribution in [1.29, 1.82) is 0 Å². The number of rotatable bonds is 0. The number of hydrogen-bond acceptors (Lipinski definition) is 1. The Hall–Kier alpha value is -0.0800. The maximum atomic E-state index is 11.2. The van der Waals surface area contributed by atoms with Gasteiger partial charge in [0.25, 0.3) is 0 Å². The maximum absolute atomic E-state index is 11.2. The Morgan fingerprint density at radius 2 is 2.10 bits per heavy atom. The third-order valence-corrected chi connectivity index (χ3v) is 2.78. The van der Waals surface area contributed by atoms with Gasteiger partial charge in [0.15, 0.2) is 0 Å². The van der Waals surface area contributed by atoms with Crippen molar-refractivity contribution in [3.05, 3.63) is 0 Å². The van der Waals surface area contributed by atoms with Gasteiger partial charge in [-0.15, -0.1) is 0 Å². The summed E-state index contributed by atoms with van der Waals surface area (Å²) in [4.78, 5) is 2.11. The third kappa shape index (κ3) is 1.06.